The molecule has 0 atom stereocenters. The van der Waals surface area contributed by atoms with Gasteiger partial charge in [0.2, 0.25) is 5.75 Å². The van der Waals surface area contributed by atoms with E-state index >= 15 is 0 Å². The van der Waals surface area contributed by atoms with E-state index in [0.29, 0.717) is 42.8 Å². The number of benzene rings is 2. The van der Waals surface area contributed by atoms with Crippen LogP contribution in [0.3, 0.4) is 0 Å². The summed E-state index contributed by atoms with van der Waals surface area (Å²) in [5, 5.41) is 17.3. The van der Waals surface area contributed by atoms with Crippen molar-refractivity contribution >= 4 is 35.6 Å². The topological polar surface area (TPSA) is 107 Å². The molecule has 10 heteroatoms. The van der Waals surface area contributed by atoms with Crippen molar-refractivity contribution in [3.8, 4) is 17.2 Å². The van der Waals surface area contributed by atoms with Gasteiger partial charge in [-0.05, 0) is 30.2 Å². The van der Waals surface area contributed by atoms with Gasteiger partial charge in [-0.3, -0.25) is 10.1 Å². The highest BCUT2D eigenvalue weighted by Gasteiger charge is 2.13. The van der Waals surface area contributed by atoms with Crippen molar-refractivity contribution in [1.82, 2.24) is 10.6 Å². The number of methoxy groups -OCH3 is 3. The van der Waals surface area contributed by atoms with E-state index in [4.69, 9.17) is 14.2 Å². The first-order valence-electron chi connectivity index (χ1n) is 9.06. The molecule has 30 heavy (non-hydrogen) atoms. The Bertz CT molecular complexity index is 851. The zero-order valence-electron chi connectivity index (χ0n) is 17.4. The molecule has 2 rings (SSSR count). The minimum absolute atomic E-state index is 0. The fourth-order valence-electron chi connectivity index (χ4n) is 2.70. The van der Waals surface area contributed by atoms with E-state index in [1.165, 1.54) is 12.1 Å². The molecule has 0 unspecified atom stereocenters. The second kappa shape index (κ2) is 12.7. The Morgan fingerprint density at radius 2 is 1.70 bits per heavy atom. The smallest absolute Gasteiger partial charge is 0.269 e. The minimum Gasteiger partial charge on any atom is -0.493 e. The van der Waals surface area contributed by atoms with Crippen LogP contribution in [0.5, 0.6) is 17.2 Å². The number of halogens is 1. The van der Waals surface area contributed by atoms with Gasteiger partial charge in [-0.2, -0.15) is 0 Å². The first kappa shape index (κ1) is 25.3. The Morgan fingerprint density at radius 3 is 2.23 bits per heavy atom. The summed E-state index contributed by atoms with van der Waals surface area (Å²) in [7, 11) is 4.68. The number of guanidine groups is 1. The van der Waals surface area contributed by atoms with Gasteiger partial charge in [0, 0.05) is 25.2 Å². The number of hydrogen-bond donors (Lipinski definition) is 2. The second-order valence-electron chi connectivity index (χ2n) is 6.01. The highest BCUT2D eigenvalue weighted by Crippen LogP contribution is 2.38. The van der Waals surface area contributed by atoms with Crippen LogP contribution in [0, 0.1) is 10.1 Å². The number of hydrogen-bond acceptors (Lipinski definition) is 6. The predicted octanol–water partition coefficient (Wildman–Crippen LogP) is 3.49. The molecule has 9 nitrogen and oxygen atoms in total. The normalized spacial score (nSPS) is 10.6. The van der Waals surface area contributed by atoms with Gasteiger partial charge in [0.15, 0.2) is 17.5 Å². The van der Waals surface area contributed by atoms with E-state index < -0.39 is 4.92 Å². The molecular formula is C20H27IN4O5. The van der Waals surface area contributed by atoms with Crippen LogP contribution in [-0.4, -0.2) is 38.8 Å². The first-order valence-corrected chi connectivity index (χ1v) is 9.06. The first-order chi connectivity index (χ1) is 14.0. The van der Waals surface area contributed by atoms with Crippen LogP contribution in [0.15, 0.2) is 41.4 Å². The third-order valence-electron chi connectivity index (χ3n) is 4.07. The van der Waals surface area contributed by atoms with Crippen molar-refractivity contribution in [3.05, 3.63) is 57.6 Å². The van der Waals surface area contributed by atoms with E-state index in [1.807, 2.05) is 25.1 Å². The lowest BCUT2D eigenvalue weighted by Gasteiger charge is -2.14. The van der Waals surface area contributed by atoms with Crippen LogP contribution < -0.4 is 24.8 Å². The summed E-state index contributed by atoms with van der Waals surface area (Å²) >= 11 is 0. The van der Waals surface area contributed by atoms with Gasteiger partial charge in [0.1, 0.15) is 0 Å². The van der Waals surface area contributed by atoms with Gasteiger partial charge >= 0.3 is 0 Å². The van der Waals surface area contributed by atoms with Gasteiger partial charge in [-0.1, -0.05) is 12.1 Å². The van der Waals surface area contributed by atoms with E-state index in [0.717, 1.165) is 11.1 Å². The Balaban J connectivity index is 0.00000450. The number of nitro groups is 1. The molecule has 0 aliphatic rings. The maximum atomic E-state index is 10.9. The minimum atomic E-state index is -0.409. The van der Waals surface area contributed by atoms with Crippen molar-refractivity contribution in [2.24, 2.45) is 4.99 Å². The molecule has 0 aliphatic heterocycles. The molecule has 2 N–H and O–H groups in total. The van der Waals surface area contributed by atoms with E-state index in [2.05, 4.69) is 15.6 Å². The fraction of sp³-hybridized carbons (Fsp3) is 0.350. The summed E-state index contributed by atoms with van der Waals surface area (Å²) in [6.07, 6.45) is 0. The molecule has 0 fully saturated rings. The highest BCUT2D eigenvalue weighted by atomic mass is 127. The quantitative estimate of drug-likeness (QED) is 0.168. The molecule has 0 amide bonds. The Morgan fingerprint density at radius 1 is 1.03 bits per heavy atom. The van der Waals surface area contributed by atoms with Crippen molar-refractivity contribution in [1.29, 1.82) is 0 Å². The van der Waals surface area contributed by atoms with Crippen LogP contribution in [0.25, 0.3) is 0 Å². The lowest BCUT2D eigenvalue weighted by atomic mass is 10.2. The van der Waals surface area contributed by atoms with Gasteiger partial charge in [0.05, 0.1) is 32.8 Å². The number of rotatable bonds is 9. The van der Waals surface area contributed by atoms with Crippen LogP contribution in [0.4, 0.5) is 5.69 Å². The largest absolute Gasteiger partial charge is 0.493 e. The van der Waals surface area contributed by atoms with Crippen molar-refractivity contribution in [2.75, 3.05) is 27.9 Å². The Labute approximate surface area is 193 Å². The third-order valence-corrected chi connectivity index (χ3v) is 4.07. The standard InChI is InChI=1S/C20H26N4O5.HI/c1-5-21-20(22-12-14-7-6-8-16(9-14)24(25)26)23-13-15-10-17(27-2)19(29-4)18(11-15)28-3;/h6-11H,5,12-13H2,1-4H3,(H2,21,22,23);1H. The van der Waals surface area contributed by atoms with Gasteiger partial charge in [-0.25, -0.2) is 4.99 Å². The third kappa shape index (κ3) is 6.94. The van der Waals surface area contributed by atoms with Crippen LogP contribution >= 0.6 is 24.0 Å². The number of nitrogens with zero attached hydrogens (tertiary/aromatic N) is 2. The van der Waals surface area contributed by atoms with Crippen molar-refractivity contribution in [3.63, 3.8) is 0 Å². The Kier molecular flexibility index (Phi) is 10.7. The van der Waals surface area contributed by atoms with Gasteiger partial charge in [-0.15, -0.1) is 24.0 Å². The Hall–Kier alpha value is -2.76. The van der Waals surface area contributed by atoms with Crippen molar-refractivity contribution in [2.45, 2.75) is 20.0 Å². The average molecular weight is 530 g/mol. The molecular weight excluding hydrogens is 503 g/mol. The monoisotopic (exact) mass is 530 g/mol. The highest BCUT2D eigenvalue weighted by molar-refractivity contribution is 14.0. The van der Waals surface area contributed by atoms with E-state index in [-0.39, 0.29) is 29.7 Å². The van der Waals surface area contributed by atoms with E-state index in [9.17, 15) is 10.1 Å². The summed E-state index contributed by atoms with van der Waals surface area (Å²) in [6, 6.07) is 10.2. The molecule has 2 aromatic carbocycles. The summed E-state index contributed by atoms with van der Waals surface area (Å²) in [4.78, 5) is 15.1. The van der Waals surface area contributed by atoms with Gasteiger partial charge < -0.3 is 24.8 Å². The second-order valence-corrected chi connectivity index (χ2v) is 6.01. The number of nitro benzene ring substituents is 1. The van der Waals surface area contributed by atoms with Gasteiger partial charge in [0.25, 0.3) is 5.69 Å². The molecule has 0 aromatic heterocycles. The maximum Gasteiger partial charge on any atom is 0.269 e. The van der Waals surface area contributed by atoms with Crippen LogP contribution in [0.2, 0.25) is 0 Å². The zero-order valence-corrected chi connectivity index (χ0v) is 19.8. The molecule has 0 saturated carbocycles. The predicted molar refractivity (Wildman–Crippen MR) is 126 cm³/mol. The molecule has 0 saturated heterocycles. The van der Waals surface area contributed by atoms with Crippen LogP contribution in [-0.2, 0) is 13.1 Å². The lowest BCUT2D eigenvalue weighted by Crippen LogP contribution is -2.36. The SMILES string of the molecule is CCNC(=NCc1cc(OC)c(OC)c(OC)c1)NCc1cccc([N+](=O)[O-])c1.I. The summed E-state index contributed by atoms with van der Waals surface area (Å²) in [5.41, 5.74) is 1.73. The molecule has 0 heterocycles. The molecule has 0 bridgehead atoms. The summed E-state index contributed by atoms with van der Waals surface area (Å²) < 4.78 is 16.1. The number of ether oxygens (including phenoxy) is 3. The molecule has 2 aromatic rings. The zero-order chi connectivity index (χ0) is 21.2. The molecule has 0 radical (unpaired) electrons. The molecule has 0 spiro atoms. The number of aliphatic imine (C=N–C) groups is 1. The van der Waals surface area contributed by atoms with E-state index in [1.54, 1.807) is 27.4 Å². The summed E-state index contributed by atoms with van der Waals surface area (Å²) in [6.45, 7) is 3.42. The molecule has 164 valence electrons. The average Bonchev–Trinajstić information content (AvgIpc) is 2.74. The van der Waals surface area contributed by atoms with Crippen LogP contribution in [0.1, 0.15) is 18.1 Å². The maximum absolute atomic E-state index is 10.9. The lowest BCUT2D eigenvalue weighted by molar-refractivity contribution is -0.384. The van der Waals surface area contributed by atoms with Crippen molar-refractivity contribution < 1.29 is 19.1 Å². The number of nitrogens with one attached hydrogen (secondary N) is 2. The molecule has 0 aliphatic carbocycles. The summed E-state index contributed by atoms with van der Waals surface area (Å²) in [5.74, 6) is 2.24. The fourth-order valence-corrected chi connectivity index (χ4v) is 2.70. The number of non-ortho nitro benzene ring substituents is 1.